The van der Waals surface area contributed by atoms with Gasteiger partial charge in [0.25, 0.3) is 0 Å². The van der Waals surface area contributed by atoms with Crippen LogP contribution in [0.3, 0.4) is 0 Å². The van der Waals surface area contributed by atoms with Crippen molar-refractivity contribution in [2.45, 2.75) is 31.2 Å². The number of carbonyl (C=O) groups excluding carboxylic acids is 2. The van der Waals surface area contributed by atoms with Crippen LogP contribution in [0.25, 0.3) is 0 Å². The Morgan fingerprint density at radius 2 is 1.85 bits per heavy atom. The molecule has 2 heterocycles. The van der Waals surface area contributed by atoms with Gasteiger partial charge in [0.05, 0.1) is 6.54 Å². The summed E-state index contributed by atoms with van der Waals surface area (Å²) in [5, 5.41) is 5.96. The zero-order chi connectivity index (χ0) is 18.6. The number of halogens is 1. The zero-order valence-corrected chi connectivity index (χ0v) is 15.3. The summed E-state index contributed by atoms with van der Waals surface area (Å²) < 4.78 is 13.5. The molecule has 2 N–H and O–H groups in total. The number of likely N-dealkylation sites (tertiary alicyclic amines) is 2. The number of piperidine rings is 1. The molecule has 26 heavy (non-hydrogen) atoms. The highest BCUT2D eigenvalue weighted by molar-refractivity contribution is 5.89. The molecule has 2 aliphatic heterocycles. The molecule has 1 aromatic rings. The van der Waals surface area contributed by atoms with E-state index < -0.39 is 5.54 Å². The lowest BCUT2D eigenvalue weighted by molar-refractivity contribution is -0.132. The van der Waals surface area contributed by atoms with Gasteiger partial charge in [-0.1, -0.05) is 6.07 Å². The molecule has 2 aliphatic rings. The molecule has 2 amide bonds. The van der Waals surface area contributed by atoms with E-state index >= 15 is 0 Å². The van der Waals surface area contributed by atoms with E-state index in [4.69, 9.17) is 0 Å². The summed E-state index contributed by atoms with van der Waals surface area (Å²) in [5.41, 5.74) is -0.189. The topological polar surface area (TPSA) is 64.7 Å². The van der Waals surface area contributed by atoms with Gasteiger partial charge in [0.1, 0.15) is 11.4 Å². The fourth-order valence-electron chi connectivity index (χ4n) is 3.84. The van der Waals surface area contributed by atoms with Gasteiger partial charge in [-0.15, -0.1) is 0 Å². The van der Waals surface area contributed by atoms with E-state index in [0.29, 0.717) is 38.2 Å². The van der Waals surface area contributed by atoms with Crippen LogP contribution in [0.2, 0.25) is 0 Å². The molecule has 0 aromatic heterocycles. The lowest BCUT2D eigenvalue weighted by atomic mass is 9.86. The zero-order valence-electron chi connectivity index (χ0n) is 15.3. The number of rotatable bonds is 5. The van der Waals surface area contributed by atoms with Crippen LogP contribution < -0.4 is 10.6 Å². The maximum atomic E-state index is 13.5. The molecular weight excluding hydrogens is 335 g/mol. The normalized spacial score (nSPS) is 20.0. The molecule has 1 aromatic carbocycles. The number of amides is 2. The molecular formula is C19H27FN4O2. The number of likely N-dealkylation sites (N-methyl/N-ethyl adjacent to an activating group) is 1. The number of nitrogens with zero attached hydrogens (tertiary/aromatic N) is 2. The van der Waals surface area contributed by atoms with Gasteiger partial charge in [0, 0.05) is 38.9 Å². The molecule has 0 spiro atoms. The van der Waals surface area contributed by atoms with E-state index in [1.807, 2.05) is 4.90 Å². The van der Waals surface area contributed by atoms with Crippen LogP contribution >= 0.6 is 0 Å². The molecule has 0 saturated carbocycles. The highest BCUT2D eigenvalue weighted by atomic mass is 19.1. The van der Waals surface area contributed by atoms with Gasteiger partial charge in [-0.05, 0) is 43.9 Å². The predicted octanol–water partition coefficient (Wildman–Crippen LogP) is 1.44. The first-order chi connectivity index (χ1) is 12.5. The Morgan fingerprint density at radius 1 is 1.15 bits per heavy atom. The molecule has 142 valence electrons. The third kappa shape index (κ3) is 4.15. The molecule has 0 aliphatic carbocycles. The molecule has 6 nitrogen and oxygen atoms in total. The minimum absolute atomic E-state index is 0.104. The summed E-state index contributed by atoms with van der Waals surface area (Å²) in [6.07, 6.45) is 3.30. The van der Waals surface area contributed by atoms with Crippen molar-refractivity contribution in [2.24, 2.45) is 0 Å². The summed E-state index contributed by atoms with van der Waals surface area (Å²) in [5.74, 6) is -0.268. The van der Waals surface area contributed by atoms with E-state index in [2.05, 4.69) is 15.5 Å². The van der Waals surface area contributed by atoms with Gasteiger partial charge < -0.3 is 15.5 Å². The van der Waals surface area contributed by atoms with Crippen molar-refractivity contribution in [3.63, 3.8) is 0 Å². The number of anilines is 1. The first-order valence-corrected chi connectivity index (χ1v) is 9.28. The van der Waals surface area contributed by atoms with Crippen molar-refractivity contribution in [2.75, 3.05) is 45.1 Å². The average molecular weight is 362 g/mol. The quantitative estimate of drug-likeness (QED) is 0.832. The number of hydrogen-bond acceptors (Lipinski definition) is 4. The Morgan fingerprint density at radius 3 is 2.46 bits per heavy atom. The van der Waals surface area contributed by atoms with Crippen LogP contribution in [0, 0.1) is 5.82 Å². The first-order valence-electron chi connectivity index (χ1n) is 9.28. The molecule has 0 unspecified atom stereocenters. The molecule has 2 fully saturated rings. The van der Waals surface area contributed by atoms with Crippen LogP contribution in [-0.2, 0) is 9.59 Å². The summed E-state index contributed by atoms with van der Waals surface area (Å²) in [4.78, 5) is 28.9. The molecule has 0 atom stereocenters. The number of hydrogen-bond donors (Lipinski definition) is 2. The van der Waals surface area contributed by atoms with Gasteiger partial charge in [-0.3, -0.25) is 14.5 Å². The standard InChI is InChI=1S/C19H27FN4O2/c1-21-18(26)19(22-16-6-4-5-15(20)13-16)7-11-23(12-8-19)14-17(25)24-9-2-3-10-24/h4-6,13,22H,2-3,7-12,14H2,1H3,(H,21,26). The second kappa shape index (κ2) is 8.03. The lowest BCUT2D eigenvalue weighted by Crippen LogP contribution is -2.58. The highest BCUT2D eigenvalue weighted by Crippen LogP contribution is 2.28. The maximum absolute atomic E-state index is 13.5. The highest BCUT2D eigenvalue weighted by Gasteiger charge is 2.41. The van der Waals surface area contributed by atoms with E-state index in [-0.39, 0.29) is 17.6 Å². The van der Waals surface area contributed by atoms with Crippen LogP contribution in [0.15, 0.2) is 24.3 Å². The van der Waals surface area contributed by atoms with Crippen LogP contribution in [0.1, 0.15) is 25.7 Å². The Labute approximate surface area is 153 Å². The largest absolute Gasteiger partial charge is 0.371 e. The maximum Gasteiger partial charge on any atom is 0.245 e. The predicted molar refractivity (Wildman–Crippen MR) is 98.3 cm³/mol. The van der Waals surface area contributed by atoms with E-state index in [9.17, 15) is 14.0 Å². The molecule has 0 radical (unpaired) electrons. The molecule has 0 bridgehead atoms. The van der Waals surface area contributed by atoms with Crippen molar-refractivity contribution < 1.29 is 14.0 Å². The van der Waals surface area contributed by atoms with E-state index in [0.717, 1.165) is 25.9 Å². The second-order valence-corrected chi connectivity index (χ2v) is 7.16. The fraction of sp³-hybridized carbons (Fsp3) is 0.579. The van der Waals surface area contributed by atoms with Crippen molar-refractivity contribution in [3.05, 3.63) is 30.1 Å². The van der Waals surface area contributed by atoms with E-state index in [1.165, 1.54) is 12.1 Å². The monoisotopic (exact) mass is 362 g/mol. The molecule has 3 rings (SSSR count). The van der Waals surface area contributed by atoms with Crippen molar-refractivity contribution in [1.29, 1.82) is 0 Å². The van der Waals surface area contributed by atoms with Gasteiger partial charge in [-0.25, -0.2) is 4.39 Å². The van der Waals surface area contributed by atoms with Crippen LogP contribution in [0.5, 0.6) is 0 Å². The molecule has 2 saturated heterocycles. The SMILES string of the molecule is CNC(=O)C1(Nc2cccc(F)c2)CCN(CC(=O)N2CCCC2)CC1. The summed E-state index contributed by atoms with van der Waals surface area (Å²) >= 11 is 0. The van der Waals surface area contributed by atoms with Crippen molar-refractivity contribution in [1.82, 2.24) is 15.1 Å². The van der Waals surface area contributed by atoms with Crippen LogP contribution in [-0.4, -0.2) is 66.9 Å². The Kier molecular flexibility index (Phi) is 5.76. The minimum atomic E-state index is -0.782. The summed E-state index contributed by atoms with van der Waals surface area (Å²) in [6.45, 7) is 3.42. The third-order valence-corrected chi connectivity index (χ3v) is 5.40. The molecule has 7 heteroatoms. The Bertz CT molecular complexity index is 653. The number of carbonyl (C=O) groups is 2. The number of nitrogens with one attached hydrogen (secondary N) is 2. The van der Waals surface area contributed by atoms with Gasteiger partial charge in [0.2, 0.25) is 11.8 Å². The second-order valence-electron chi connectivity index (χ2n) is 7.16. The van der Waals surface area contributed by atoms with Gasteiger partial charge in [0.15, 0.2) is 0 Å². The van der Waals surface area contributed by atoms with E-state index in [1.54, 1.807) is 19.2 Å². The van der Waals surface area contributed by atoms with Gasteiger partial charge in [-0.2, -0.15) is 0 Å². The Hall–Kier alpha value is -2.15. The number of benzene rings is 1. The summed E-state index contributed by atoms with van der Waals surface area (Å²) in [7, 11) is 1.61. The fourth-order valence-corrected chi connectivity index (χ4v) is 3.84. The van der Waals surface area contributed by atoms with Crippen molar-refractivity contribution >= 4 is 17.5 Å². The lowest BCUT2D eigenvalue weighted by Gasteiger charge is -2.41. The summed E-state index contributed by atoms with van der Waals surface area (Å²) in [6, 6.07) is 6.16. The van der Waals surface area contributed by atoms with Crippen LogP contribution in [0.4, 0.5) is 10.1 Å². The Balaban J connectivity index is 1.63. The van der Waals surface area contributed by atoms with Gasteiger partial charge >= 0.3 is 0 Å². The smallest absolute Gasteiger partial charge is 0.245 e. The van der Waals surface area contributed by atoms with Crippen molar-refractivity contribution in [3.8, 4) is 0 Å². The minimum Gasteiger partial charge on any atom is -0.371 e. The first kappa shape index (κ1) is 18.6. The average Bonchev–Trinajstić information content (AvgIpc) is 3.17. The third-order valence-electron chi connectivity index (χ3n) is 5.40.